The van der Waals surface area contributed by atoms with E-state index in [0.29, 0.717) is 0 Å². The number of oxime groups is 1. The Morgan fingerprint density at radius 2 is 2.27 bits per heavy atom. The van der Waals surface area contributed by atoms with Gasteiger partial charge in [0.05, 0.1) is 0 Å². The first-order chi connectivity index (χ1) is 5.41. The molecule has 0 amide bonds. The molecule has 0 N–H and O–H groups in total. The zero-order valence-electron chi connectivity index (χ0n) is 7.05. The summed E-state index contributed by atoms with van der Waals surface area (Å²) in [6.45, 7) is 0. The van der Waals surface area contributed by atoms with Crippen molar-refractivity contribution in [2.75, 3.05) is 7.11 Å². The summed E-state index contributed by atoms with van der Waals surface area (Å²) in [5, 5.41) is 3.62. The SMILES string of the molecule is C#CCCCCCC=NOC. The lowest BCUT2D eigenvalue weighted by atomic mass is 10.2. The van der Waals surface area contributed by atoms with Gasteiger partial charge in [0.1, 0.15) is 7.11 Å². The molecule has 0 bridgehead atoms. The molecule has 0 saturated heterocycles. The highest BCUT2D eigenvalue weighted by Crippen LogP contribution is 2.00. The molecular formula is C9H15NO. The van der Waals surface area contributed by atoms with Gasteiger partial charge in [-0.05, 0) is 19.3 Å². The van der Waals surface area contributed by atoms with Crippen LogP contribution in [0.4, 0.5) is 0 Å². The molecule has 0 unspecified atom stereocenters. The summed E-state index contributed by atoms with van der Waals surface area (Å²) in [5.74, 6) is 2.61. The average molecular weight is 153 g/mol. The van der Waals surface area contributed by atoms with E-state index in [9.17, 15) is 0 Å². The van der Waals surface area contributed by atoms with Crippen LogP contribution in [0, 0.1) is 12.3 Å². The minimum absolute atomic E-state index is 0.890. The largest absolute Gasteiger partial charge is 0.399 e. The van der Waals surface area contributed by atoms with Crippen LogP contribution in [0.1, 0.15) is 32.1 Å². The van der Waals surface area contributed by atoms with E-state index >= 15 is 0 Å². The highest BCUT2D eigenvalue weighted by Gasteiger charge is 1.85. The fourth-order valence-electron chi connectivity index (χ4n) is 0.767. The Morgan fingerprint density at radius 1 is 1.45 bits per heavy atom. The smallest absolute Gasteiger partial charge is 0.106 e. The van der Waals surface area contributed by atoms with E-state index in [4.69, 9.17) is 6.42 Å². The molecule has 0 aromatic heterocycles. The molecule has 0 spiro atoms. The topological polar surface area (TPSA) is 21.6 Å². The van der Waals surface area contributed by atoms with Gasteiger partial charge in [-0.25, -0.2) is 0 Å². The summed E-state index contributed by atoms with van der Waals surface area (Å²) in [7, 11) is 1.55. The highest BCUT2D eigenvalue weighted by atomic mass is 16.6. The maximum atomic E-state index is 5.09. The summed E-state index contributed by atoms with van der Waals surface area (Å²) < 4.78 is 0. The van der Waals surface area contributed by atoms with Crippen molar-refractivity contribution < 1.29 is 4.84 Å². The Kier molecular flexibility index (Phi) is 8.23. The van der Waals surface area contributed by atoms with Crippen LogP contribution in [0.15, 0.2) is 5.16 Å². The highest BCUT2D eigenvalue weighted by molar-refractivity contribution is 5.55. The standard InChI is InChI=1S/C9H15NO/c1-3-4-5-6-7-8-9-10-11-2/h1,9H,4-8H2,2H3. The number of hydrogen-bond acceptors (Lipinski definition) is 2. The minimum atomic E-state index is 0.890. The van der Waals surface area contributed by atoms with Crippen molar-refractivity contribution in [1.82, 2.24) is 0 Å². The van der Waals surface area contributed by atoms with Gasteiger partial charge in [0.15, 0.2) is 0 Å². The summed E-state index contributed by atoms with van der Waals surface area (Å²) >= 11 is 0. The van der Waals surface area contributed by atoms with E-state index in [0.717, 1.165) is 25.7 Å². The molecular weight excluding hydrogens is 138 g/mol. The summed E-state index contributed by atoms with van der Waals surface area (Å²) in [6, 6.07) is 0. The van der Waals surface area contributed by atoms with Gasteiger partial charge in [0, 0.05) is 12.6 Å². The van der Waals surface area contributed by atoms with Gasteiger partial charge in [0.25, 0.3) is 0 Å². The van der Waals surface area contributed by atoms with E-state index in [1.807, 2.05) is 0 Å². The number of nitrogens with zero attached hydrogens (tertiary/aromatic N) is 1. The number of hydrogen-bond donors (Lipinski definition) is 0. The third-order valence-electron chi connectivity index (χ3n) is 1.33. The molecule has 0 heterocycles. The van der Waals surface area contributed by atoms with Crippen molar-refractivity contribution in [3.63, 3.8) is 0 Å². The van der Waals surface area contributed by atoms with Gasteiger partial charge >= 0.3 is 0 Å². The number of terminal acetylenes is 1. The summed E-state index contributed by atoms with van der Waals surface area (Å²) in [6.07, 6.45) is 12.2. The zero-order chi connectivity index (χ0) is 8.36. The van der Waals surface area contributed by atoms with Crippen molar-refractivity contribution in [1.29, 1.82) is 0 Å². The molecule has 0 saturated carbocycles. The molecule has 0 aliphatic heterocycles. The monoisotopic (exact) mass is 153 g/mol. The molecule has 0 rings (SSSR count). The predicted molar refractivity (Wildman–Crippen MR) is 47.4 cm³/mol. The maximum Gasteiger partial charge on any atom is 0.106 e. The van der Waals surface area contributed by atoms with Gasteiger partial charge < -0.3 is 4.84 Å². The molecule has 2 nitrogen and oxygen atoms in total. The Labute approximate surface area is 68.6 Å². The molecule has 0 aromatic carbocycles. The lowest BCUT2D eigenvalue weighted by Crippen LogP contribution is -1.79. The van der Waals surface area contributed by atoms with E-state index in [2.05, 4.69) is 15.9 Å². The average Bonchev–Trinajstić information content (AvgIpc) is 2.03. The molecule has 0 aromatic rings. The molecule has 0 atom stereocenters. The molecule has 0 aliphatic carbocycles. The van der Waals surface area contributed by atoms with Gasteiger partial charge in [-0.15, -0.1) is 12.3 Å². The van der Waals surface area contributed by atoms with E-state index in [1.165, 1.54) is 6.42 Å². The molecule has 0 aliphatic rings. The van der Waals surface area contributed by atoms with E-state index < -0.39 is 0 Å². The second-order valence-electron chi connectivity index (χ2n) is 2.27. The Morgan fingerprint density at radius 3 is 2.91 bits per heavy atom. The second-order valence-corrected chi connectivity index (χ2v) is 2.27. The van der Waals surface area contributed by atoms with Crippen LogP contribution < -0.4 is 0 Å². The van der Waals surface area contributed by atoms with Crippen LogP contribution in [0.3, 0.4) is 0 Å². The first kappa shape index (κ1) is 10.0. The van der Waals surface area contributed by atoms with Crippen LogP contribution in [0.2, 0.25) is 0 Å². The Bertz CT molecular complexity index is 135. The molecule has 0 radical (unpaired) electrons. The molecule has 62 valence electrons. The van der Waals surface area contributed by atoms with Crippen molar-refractivity contribution in [3.05, 3.63) is 0 Å². The summed E-state index contributed by atoms with van der Waals surface area (Å²) in [4.78, 5) is 4.51. The second kappa shape index (κ2) is 9.03. The fourth-order valence-corrected chi connectivity index (χ4v) is 0.767. The van der Waals surface area contributed by atoms with Gasteiger partial charge in [-0.1, -0.05) is 11.6 Å². The predicted octanol–water partition coefficient (Wildman–Crippen LogP) is 2.20. The minimum Gasteiger partial charge on any atom is -0.399 e. The van der Waals surface area contributed by atoms with Gasteiger partial charge in [-0.3, -0.25) is 0 Å². The number of unbranched alkanes of at least 4 members (excludes halogenated alkanes) is 4. The molecule has 11 heavy (non-hydrogen) atoms. The third kappa shape index (κ3) is 9.03. The fraction of sp³-hybridized carbons (Fsp3) is 0.667. The van der Waals surface area contributed by atoms with Crippen molar-refractivity contribution in [2.45, 2.75) is 32.1 Å². The van der Waals surface area contributed by atoms with E-state index in [-0.39, 0.29) is 0 Å². The van der Waals surface area contributed by atoms with Crippen LogP contribution in [-0.4, -0.2) is 13.3 Å². The van der Waals surface area contributed by atoms with Crippen molar-refractivity contribution in [2.24, 2.45) is 5.16 Å². The third-order valence-corrected chi connectivity index (χ3v) is 1.33. The quantitative estimate of drug-likeness (QED) is 0.248. The van der Waals surface area contributed by atoms with Gasteiger partial charge in [0.2, 0.25) is 0 Å². The lowest BCUT2D eigenvalue weighted by Gasteiger charge is -1.92. The molecule has 2 heteroatoms. The Balaban J connectivity index is 2.91. The first-order valence-corrected chi connectivity index (χ1v) is 3.90. The van der Waals surface area contributed by atoms with Crippen LogP contribution >= 0.6 is 0 Å². The van der Waals surface area contributed by atoms with Crippen molar-refractivity contribution >= 4 is 6.21 Å². The normalized spacial score (nSPS) is 9.82. The van der Waals surface area contributed by atoms with Crippen LogP contribution in [0.25, 0.3) is 0 Å². The lowest BCUT2D eigenvalue weighted by molar-refractivity contribution is 0.214. The zero-order valence-corrected chi connectivity index (χ0v) is 7.05. The van der Waals surface area contributed by atoms with E-state index in [1.54, 1.807) is 13.3 Å². The van der Waals surface area contributed by atoms with Crippen LogP contribution in [0.5, 0.6) is 0 Å². The maximum absolute atomic E-state index is 5.09. The van der Waals surface area contributed by atoms with Crippen molar-refractivity contribution in [3.8, 4) is 12.3 Å². The Hall–Kier alpha value is -0.970. The summed E-state index contributed by atoms with van der Waals surface area (Å²) in [5.41, 5.74) is 0. The van der Waals surface area contributed by atoms with Crippen LogP contribution in [-0.2, 0) is 4.84 Å². The molecule has 0 fully saturated rings. The number of rotatable bonds is 6. The first-order valence-electron chi connectivity index (χ1n) is 3.90. The van der Waals surface area contributed by atoms with Gasteiger partial charge in [-0.2, -0.15) is 0 Å².